The van der Waals surface area contributed by atoms with Crippen LogP contribution in [0.1, 0.15) is 0 Å². The van der Waals surface area contributed by atoms with Gasteiger partial charge in [-0.1, -0.05) is 0 Å². The summed E-state index contributed by atoms with van der Waals surface area (Å²) in [6.07, 6.45) is -19.5. The first-order valence-electron chi connectivity index (χ1n) is 3.94. The summed E-state index contributed by atoms with van der Waals surface area (Å²) < 4.78 is 121. The number of alkyl halides is 10. The summed E-state index contributed by atoms with van der Waals surface area (Å²) in [6.45, 7) is -2.64. The van der Waals surface area contributed by atoms with Gasteiger partial charge in [0, 0.05) is 0 Å². The molecule has 110 valence electrons. The van der Waals surface area contributed by atoms with Crippen molar-refractivity contribution in [3.8, 4) is 0 Å². The quantitative estimate of drug-likeness (QED) is 0.601. The average Bonchev–Trinajstić information content (AvgIpc) is 2.12. The van der Waals surface area contributed by atoms with Crippen molar-refractivity contribution in [3.05, 3.63) is 0 Å². The molecule has 0 radical (unpaired) electrons. The molecule has 0 fully saturated rings. The highest BCUT2D eigenvalue weighted by Crippen LogP contribution is 2.29. The minimum Gasteiger partial charge on any atom is -0.310 e. The van der Waals surface area contributed by atoms with Gasteiger partial charge in [0.15, 0.2) is 0 Å². The lowest BCUT2D eigenvalue weighted by Crippen LogP contribution is -2.51. The normalized spacial score (nSPS) is 16.2. The van der Waals surface area contributed by atoms with Crippen molar-refractivity contribution in [1.82, 2.24) is 5.32 Å². The number of hydrogen-bond donors (Lipinski definition) is 1. The van der Waals surface area contributed by atoms with Gasteiger partial charge in [-0.25, -0.2) is 13.2 Å². The highest BCUT2D eigenvalue weighted by Gasteiger charge is 2.51. The molecular weight excluding hydrogens is 292 g/mol. The number of halogens is 10. The van der Waals surface area contributed by atoms with E-state index in [0.717, 1.165) is 0 Å². The molecule has 0 amide bonds. The summed E-state index contributed by atoms with van der Waals surface area (Å²) in [5.41, 5.74) is 0. The van der Waals surface area contributed by atoms with Gasteiger partial charge in [-0.05, 0) is 0 Å². The molecule has 1 N–H and O–H groups in total. The summed E-state index contributed by atoms with van der Waals surface area (Å²) in [7, 11) is 0. The monoisotopic (exact) mass is 297 g/mol. The van der Waals surface area contributed by atoms with Crippen LogP contribution in [0, 0.1) is 0 Å². The Morgan fingerprint density at radius 2 is 1.33 bits per heavy atom. The summed E-state index contributed by atoms with van der Waals surface area (Å²) in [5, 5.41) is -0.249. The molecule has 0 spiro atoms. The lowest BCUT2D eigenvalue weighted by molar-refractivity contribution is -0.324. The van der Waals surface area contributed by atoms with Crippen LogP contribution in [0.15, 0.2) is 0 Å². The van der Waals surface area contributed by atoms with Crippen molar-refractivity contribution >= 4 is 0 Å². The summed E-state index contributed by atoms with van der Waals surface area (Å²) in [6, 6.07) is 0. The van der Waals surface area contributed by atoms with E-state index >= 15 is 0 Å². The molecule has 18 heavy (non-hydrogen) atoms. The molecule has 0 heterocycles. The third-order valence-electron chi connectivity index (χ3n) is 1.36. The van der Waals surface area contributed by atoms with E-state index in [1.54, 1.807) is 0 Å². The molecule has 0 aromatic carbocycles. The fourth-order valence-corrected chi connectivity index (χ4v) is 0.556. The molecule has 1 atom stereocenters. The van der Waals surface area contributed by atoms with Crippen LogP contribution in [0.25, 0.3) is 0 Å². The Morgan fingerprint density at radius 1 is 0.889 bits per heavy atom. The van der Waals surface area contributed by atoms with Crippen LogP contribution in [0.3, 0.4) is 0 Å². The molecule has 0 aliphatic carbocycles. The topological polar surface area (TPSA) is 21.3 Å². The van der Waals surface area contributed by atoms with Gasteiger partial charge in [0.1, 0.15) is 6.61 Å². The zero-order valence-electron chi connectivity index (χ0n) is 8.05. The maximum atomic E-state index is 12.4. The number of rotatable bonds is 6. The van der Waals surface area contributed by atoms with Crippen LogP contribution in [0.2, 0.25) is 0 Å². The first-order valence-corrected chi connectivity index (χ1v) is 3.94. The summed E-state index contributed by atoms with van der Waals surface area (Å²) >= 11 is 0. The van der Waals surface area contributed by atoms with Gasteiger partial charge in [0.05, 0.1) is 0 Å². The molecular formula is C6H5F10NO. The summed E-state index contributed by atoms with van der Waals surface area (Å²) in [4.78, 5) is 0. The Kier molecular flexibility index (Phi) is 5.23. The van der Waals surface area contributed by atoms with Crippen LogP contribution < -0.4 is 5.32 Å². The maximum Gasteiger partial charge on any atom is 0.459 e. The van der Waals surface area contributed by atoms with E-state index in [1.807, 2.05) is 0 Å². The zero-order valence-corrected chi connectivity index (χ0v) is 8.05. The predicted molar refractivity (Wildman–Crippen MR) is 35.9 cm³/mol. The van der Waals surface area contributed by atoms with Crippen LogP contribution >= 0.6 is 0 Å². The third-order valence-corrected chi connectivity index (χ3v) is 1.36. The molecule has 0 aromatic rings. The van der Waals surface area contributed by atoms with Crippen molar-refractivity contribution in [1.29, 1.82) is 0 Å². The van der Waals surface area contributed by atoms with Gasteiger partial charge >= 0.3 is 24.8 Å². The van der Waals surface area contributed by atoms with Gasteiger partial charge in [-0.2, -0.15) is 36.0 Å². The van der Waals surface area contributed by atoms with E-state index in [-0.39, 0.29) is 5.32 Å². The molecule has 12 heteroatoms. The van der Waals surface area contributed by atoms with E-state index in [4.69, 9.17) is 0 Å². The molecule has 0 aromatic heterocycles. The average molecular weight is 297 g/mol. The second-order valence-corrected chi connectivity index (χ2v) is 2.92. The molecule has 0 saturated carbocycles. The number of nitrogens with one attached hydrogen (secondary N) is 1. The SMILES string of the molecule is FC(F)C(F)(F)COC(F)(F)C(F)NC(F)(F)F. The van der Waals surface area contributed by atoms with Gasteiger partial charge in [-0.3, -0.25) is 0 Å². The Balaban J connectivity index is 4.48. The lowest BCUT2D eigenvalue weighted by Gasteiger charge is -2.24. The van der Waals surface area contributed by atoms with E-state index < -0.39 is 37.7 Å². The molecule has 2 nitrogen and oxygen atoms in total. The van der Waals surface area contributed by atoms with Crippen LogP contribution in [0.4, 0.5) is 43.9 Å². The van der Waals surface area contributed by atoms with Gasteiger partial charge in [0.25, 0.3) is 0 Å². The predicted octanol–water partition coefficient (Wildman–Crippen LogP) is 2.90. The van der Waals surface area contributed by atoms with Crippen molar-refractivity contribution in [2.75, 3.05) is 6.61 Å². The maximum absolute atomic E-state index is 12.4. The Bertz CT molecular complexity index is 264. The van der Waals surface area contributed by atoms with Crippen molar-refractivity contribution in [3.63, 3.8) is 0 Å². The molecule has 0 saturated heterocycles. The largest absolute Gasteiger partial charge is 0.459 e. The highest BCUT2D eigenvalue weighted by molar-refractivity contribution is 4.72. The molecule has 0 aliphatic heterocycles. The molecule has 0 bridgehead atoms. The standard InChI is InChI=1S/C6H5F10NO/c7-2(8)4(10,11)1-18-5(12,13)3(9)17-6(14,15)16/h2-3,17H,1H2. The van der Waals surface area contributed by atoms with Crippen LogP contribution in [-0.2, 0) is 4.74 Å². The Labute approximate surface area is 92.9 Å². The van der Waals surface area contributed by atoms with E-state index in [2.05, 4.69) is 4.74 Å². The smallest absolute Gasteiger partial charge is 0.310 e. The second kappa shape index (κ2) is 5.47. The molecule has 0 rings (SSSR count). The minimum atomic E-state index is -5.57. The molecule has 1 unspecified atom stereocenters. The van der Waals surface area contributed by atoms with Crippen molar-refractivity contribution in [2.24, 2.45) is 0 Å². The van der Waals surface area contributed by atoms with Gasteiger partial charge in [-0.15, -0.1) is 0 Å². The first-order chi connectivity index (χ1) is 7.78. The zero-order chi connectivity index (χ0) is 14.8. The van der Waals surface area contributed by atoms with Crippen molar-refractivity contribution in [2.45, 2.75) is 31.1 Å². The van der Waals surface area contributed by atoms with E-state index in [1.165, 1.54) is 0 Å². The molecule has 0 aliphatic rings. The van der Waals surface area contributed by atoms with E-state index in [9.17, 15) is 43.9 Å². The third kappa shape index (κ3) is 5.71. The Morgan fingerprint density at radius 3 is 1.67 bits per heavy atom. The fourth-order valence-electron chi connectivity index (χ4n) is 0.556. The van der Waals surface area contributed by atoms with Crippen LogP contribution in [0.5, 0.6) is 0 Å². The first kappa shape index (κ1) is 17.2. The van der Waals surface area contributed by atoms with Gasteiger partial charge in [0.2, 0.25) is 6.30 Å². The number of ether oxygens (including phenoxy) is 1. The second-order valence-electron chi connectivity index (χ2n) is 2.92. The minimum absolute atomic E-state index is 0.249. The van der Waals surface area contributed by atoms with Crippen molar-refractivity contribution < 1.29 is 48.6 Å². The fraction of sp³-hybridized carbons (Fsp3) is 1.00. The van der Waals surface area contributed by atoms with E-state index in [0.29, 0.717) is 0 Å². The Hall–Kier alpha value is -0.780. The highest BCUT2D eigenvalue weighted by atomic mass is 19.4. The number of hydrogen-bond acceptors (Lipinski definition) is 2. The van der Waals surface area contributed by atoms with Gasteiger partial charge < -0.3 is 4.74 Å². The lowest BCUT2D eigenvalue weighted by atomic mass is 10.4. The van der Waals surface area contributed by atoms with Crippen LogP contribution in [-0.4, -0.2) is 37.7 Å². The summed E-state index contributed by atoms with van der Waals surface area (Å²) in [5.74, 6) is -5.04.